The van der Waals surface area contributed by atoms with E-state index in [2.05, 4.69) is 31.9 Å². The topological polar surface area (TPSA) is 43.4 Å². The number of sulfone groups is 1. The maximum atomic E-state index is 11.5. The van der Waals surface area contributed by atoms with E-state index in [1.165, 1.54) is 12.3 Å². The monoisotopic (exact) mass is 418 g/mol. The Labute approximate surface area is 135 Å². The Balaban J connectivity index is 2.29. The third kappa shape index (κ3) is 3.84. The first-order chi connectivity index (χ1) is 9.40. The van der Waals surface area contributed by atoms with Crippen LogP contribution in [0.4, 0.5) is 0 Å². The second-order valence-electron chi connectivity index (χ2n) is 4.24. The van der Waals surface area contributed by atoms with Crippen molar-refractivity contribution in [2.75, 3.05) is 6.26 Å². The lowest BCUT2D eigenvalue weighted by molar-refractivity contribution is 0.480. The summed E-state index contributed by atoms with van der Waals surface area (Å²) in [5.41, 5.74) is 1.11. The van der Waals surface area contributed by atoms with Crippen LogP contribution in [0.2, 0.25) is 0 Å². The van der Waals surface area contributed by atoms with Crippen LogP contribution in [0.5, 0.6) is 11.5 Å². The number of benzene rings is 2. The zero-order valence-electron chi connectivity index (χ0n) is 10.6. The van der Waals surface area contributed by atoms with Crippen molar-refractivity contribution in [1.82, 2.24) is 0 Å². The normalized spacial score (nSPS) is 11.3. The molecule has 0 atom stereocenters. The number of hydrogen-bond acceptors (Lipinski definition) is 3. The number of alkyl halides is 1. The van der Waals surface area contributed by atoms with Crippen LogP contribution in [-0.2, 0) is 15.2 Å². The highest BCUT2D eigenvalue weighted by molar-refractivity contribution is 9.10. The van der Waals surface area contributed by atoms with Gasteiger partial charge in [-0.3, -0.25) is 0 Å². The van der Waals surface area contributed by atoms with E-state index in [4.69, 9.17) is 4.74 Å². The Morgan fingerprint density at radius 3 is 2.40 bits per heavy atom. The molecule has 0 aliphatic heterocycles. The van der Waals surface area contributed by atoms with Crippen molar-refractivity contribution in [2.24, 2.45) is 0 Å². The molecular formula is C14H12Br2O3S. The Hall–Kier alpha value is -0.850. The average molecular weight is 420 g/mol. The molecule has 0 N–H and O–H groups in total. The summed E-state index contributed by atoms with van der Waals surface area (Å²) in [5, 5.41) is 0.747. The molecule has 0 radical (unpaired) electrons. The molecule has 2 rings (SSSR count). The smallest absolute Gasteiger partial charge is 0.175 e. The van der Waals surface area contributed by atoms with E-state index >= 15 is 0 Å². The molecule has 2 aromatic rings. The summed E-state index contributed by atoms with van der Waals surface area (Å²) in [6.45, 7) is 0. The highest BCUT2D eigenvalue weighted by Gasteiger charge is 2.09. The predicted octanol–water partition coefficient (Wildman–Crippen LogP) is 4.54. The molecule has 0 saturated heterocycles. The van der Waals surface area contributed by atoms with Gasteiger partial charge < -0.3 is 4.74 Å². The Kier molecular flexibility index (Phi) is 4.88. The van der Waals surface area contributed by atoms with Gasteiger partial charge in [-0.25, -0.2) is 8.42 Å². The van der Waals surface area contributed by atoms with Crippen molar-refractivity contribution in [3.63, 3.8) is 0 Å². The van der Waals surface area contributed by atoms with Crippen LogP contribution in [0.15, 0.2) is 51.8 Å². The van der Waals surface area contributed by atoms with Crippen LogP contribution in [0.1, 0.15) is 5.56 Å². The van der Waals surface area contributed by atoms with Crippen molar-refractivity contribution in [3.05, 3.63) is 52.5 Å². The van der Waals surface area contributed by atoms with Gasteiger partial charge in [0.1, 0.15) is 11.5 Å². The lowest BCUT2D eigenvalue weighted by Gasteiger charge is -2.09. The highest BCUT2D eigenvalue weighted by Crippen LogP contribution is 2.29. The molecule has 3 nitrogen and oxygen atoms in total. The predicted molar refractivity (Wildman–Crippen MR) is 86.4 cm³/mol. The second-order valence-corrected chi connectivity index (χ2v) is 7.67. The summed E-state index contributed by atoms with van der Waals surface area (Å²) >= 11 is 6.85. The van der Waals surface area contributed by atoms with Crippen LogP contribution in [0.3, 0.4) is 0 Å². The van der Waals surface area contributed by atoms with Gasteiger partial charge in [-0.05, 0) is 35.9 Å². The zero-order valence-corrected chi connectivity index (χ0v) is 14.6. The number of halogens is 2. The van der Waals surface area contributed by atoms with Crippen molar-refractivity contribution in [3.8, 4) is 11.5 Å². The van der Waals surface area contributed by atoms with E-state index in [1.54, 1.807) is 18.2 Å². The Bertz CT molecular complexity index is 727. The van der Waals surface area contributed by atoms with Gasteiger partial charge in [-0.15, -0.1) is 0 Å². The first kappa shape index (κ1) is 15.5. The second kappa shape index (κ2) is 6.28. The third-order valence-corrected chi connectivity index (χ3v) is 5.09. The summed E-state index contributed by atoms with van der Waals surface area (Å²) in [7, 11) is -3.23. The fraction of sp³-hybridized carbons (Fsp3) is 0.143. The summed E-state index contributed by atoms with van der Waals surface area (Å²) < 4.78 is 29.6. The molecule has 0 aliphatic carbocycles. The van der Waals surface area contributed by atoms with Gasteiger partial charge in [-0.2, -0.15) is 0 Å². The molecule has 0 fully saturated rings. The lowest BCUT2D eigenvalue weighted by atomic mass is 10.2. The van der Waals surface area contributed by atoms with Crippen LogP contribution >= 0.6 is 31.9 Å². The van der Waals surface area contributed by atoms with Crippen LogP contribution in [0, 0.1) is 0 Å². The van der Waals surface area contributed by atoms with Gasteiger partial charge in [0.05, 0.1) is 4.90 Å². The van der Waals surface area contributed by atoms with Gasteiger partial charge in [0, 0.05) is 16.1 Å². The van der Waals surface area contributed by atoms with Crippen LogP contribution < -0.4 is 4.74 Å². The van der Waals surface area contributed by atoms with Gasteiger partial charge in [-0.1, -0.05) is 44.0 Å². The quantitative estimate of drug-likeness (QED) is 0.683. The SMILES string of the molecule is CS(=O)(=O)c1cccc(Oc2ccc(CBr)c(Br)c2)c1. The summed E-state index contributed by atoms with van der Waals surface area (Å²) in [6, 6.07) is 12.1. The summed E-state index contributed by atoms with van der Waals surface area (Å²) in [5.74, 6) is 1.14. The molecule has 0 unspecified atom stereocenters. The maximum Gasteiger partial charge on any atom is 0.175 e. The molecule has 0 aliphatic rings. The van der Waals surface area contributed by atoms with Gasteiger partial charge >= 0.3 is 0 Å². The molecule has 0 heterocycles. The lowest BCUT2D eigenvalue weighted by Crippen LogP contribution is -1.97. The Morgan fingerprint density at radius 2 is 1.80 bits per heavy atom. The van der Waals surface area contributed by atoms with Crippen molar-refractivity contribution in [1.29, 1.82) is 0 Å². The minimum Gasteiger partial charge on any atom is -0.457 e. The molecule has 0 bridgehead atoms. The Morgan fingerprint density at radius 1 is 1.10 bits per heavy atom. The zero-order chi connectivity index (χ0) is 14.8. The maximum absolute atomic E-state index is 11.5. The molecular weight excluding hydrogens is 408 g/mol. The summed E-state index contributed by atoms with van der Waals surface area (Å²) in [4.78, 5) is 0.242. The van der Waals surface area contributed by atoms with E-state index in [9.17, 15) is 8.42 Å². The number of ether oxygens (including phenoxy) is 1. The molecule has 2 aromatic carbocycles. The first-order valence-electron chi connectivity index (χ1n) is 5.72. The van der Waals surface area contributed by atoms with E-state index in [0.717, 1.165) is 15.4 Å². The molecule has 0 spiro atoms. The molecule has 0 aromatic heterocycles. The van der Waals surface area contributed by atoms with Crippen molar-refractivity contribution in [2.45, 2.75) is 10.2 Å². The van der Waals surface area contributed by atoms with Gasteiger partial charge in [0.2, 0.25) is 0 Å². The largest absolute Gasteiger partial charge is 0.457 e. The standard InChI is InChI=1S/C14H12Br2O3S/c1-20(17,18)13-4-2-3-11(7-13)19-12-6-5-10(9-15)14(16)8-12/h2-8H,9H2,1H3. The van der Waals surface area contributed by atoms with Crippen molar-refractivity contribution >= 4 is 41.7 Å². The fourth-order valence-corrected chi connectivity index (χ4v) is 3.62. The molecule has 0 saturated carbocycles. The summed E-state index contributed by atoms with van der Waals surface area (Å²) in [6.07, 6.45) is 1.17. The van der Waals surface area contributed by atoms with Gasteiger partial charge in [0.15, 0.2) is 9.84 Å². The average Bonchev–Trinajstić information content (AvgIpc) is 2.38. The highest BCUT2D eigenvalue weighted by atomic mass is 79.9. The van der Waals surface area contributed by atoms with Gasteiger partial charge in [0.25, 0.3) is 0 Å². The van der Waals surface area contributed by atoms with Crippen molar-refractivity contribution < 1.29 is 13.2 Å². The number of rotatable bonds is 4. The minimum atomic E-state index is -3.23. The number of hydrogen-bond donors (Lipinski definition) is 0. The van der Waals surface area contributed by atoms with Crippen LogP contribution in [-0.4, -0.2) is 14.7 Å². The third-order valence-electron chi connectivity index (χ3n) is 2.64. The minimum absolute atomic E-state index is 0.242. The molecule has 20 heavy (non-hydrogen) atoms. The molecule has 0 amide bonds. The molecule has 106 valence electrons. The first-order valence-corrected chi connectivity index (χ1v) is 9.53. The van der Waals surface area contributed by atoms with E-state index in [0.29, 0.717) is 11.5 Å². The fourth-order valence-electron chi connectivity index (χ4n) is 1.60. The van der Waals surface area contributed by atoms with E-state index < -0.39 is 9.84 Å². The molecule has 6 heteroatoms. The van der Waals surface area contributed by atoms with E-state index in [1.807, 2.05) is 18.2 Å². The van der Waals surface area contributed by atoms with Crippen LogP contribution in [0.25, 0.3) is 0 Å². The van der Waals surface area contributed by atoms with E-state index in [-0.39, 0.29) is 4.90 Å².